The first-order valence-electron chi connectivity index (χ1n) is 11.4. The molecule has 2 aliphatic rings. The van der Waals surface area contributed by atoms with Gasteiger partial charge >= 0.3 is 0 Å². The second kappa shape index (κ2) is 10.0. The van der Waals surface area contributed by atoms with Gasteiger partial charge in [0.1, 0.15) is 5.82 Å². The van der Waals surface area contributed by atoms with Gasteiger partial charge < -0.3 is 20.4 Å². The van der Waals surface area contributed by atoms with Gasteiger partial charge in [-0.1, -0.05) is 0 Å². The number of rotatable bonds is 6. The molecule has 2 aliphatic heterocycles. The number of thiophene rings is 1. The molecule has 0 spiro atoms. The maximum absolute atomic E-state index is 14.4. The van der Waals surface area contributed by atoms with Gasteiger partial charge in [0.15, 0.2) is 0 Å². The van der Waals surface area contributed by atoms with Crippen molar-refractivity contribution in [3.63, 3.8) is 0 Å². The van der Waals surface area contributed by atoms with E-state index in [0.29, 0.717) is 35.9 Å². The van der Waals surface area contributed by atoms with Gasteiger partial charge in [0.25, 0.3) is 11.8 Å². The third-order valence-corrected chi connectivity index (χ3v) is 7.07. The second-order valence-corrected chi connectivity index (χ2v) is 9.59. The lowest BCUT2D eigenvalue weighted by Crippen LogP contribution is -2.46. The van der Waals surface area contributed by atoms with Crippen molar-refractivity contribution in [1.29, 1.82) is 0 Å². The maximum atomic E-state index is 14.4. The highest BCUT2D eigenvalue weighted by atomic mass is 32.1. The average Bonchev–Trinajstić information content (AvgIpc) is 3.43. The molecule has 7 nitrogen and oxygen atoms in total. The molecule has 1 aromatic heterocycles. The van der Waals surface area contributed by atoms with Crippen molar-refractivity contribution in [2.75, 3.05) is 29.9 Å². The number of benzene rings is 1. The fourth-order valence-corrected chi connectivity index (χ4v) is 5.12. The van der Waals surface area contributed by atoms with Gasteiger partial charge in [-0.3, -0.25) is 14.4 Å². The third-order valence-electron chi connectivity index (χ3n) is 6.33. The number of carbonyl (C=O) groups is 3. The SMILES string of the molecule is CC(C)N1CCC(NC(=O)c2cscc2NC(=O)c2cc(N3CCCC3=O)ccc2F)CC1. The largest absolute Gasteiger partial charge is 0.349 e. The summed E-state index contributed by atoms with van der Waals surface area (Å²) in [4.78, 5) is 41.7. The molecule has 0 saturated carbocycles. The molecular weight excluding hydrogens is 443 g/mol. The summed E-state index contributed by atoms with van der Waals surface area (Å²) in [6.07, 6.45) is 2.94. The number of nitrogens with one attached hydrogen (secondary N) is 2. The van der Waals surface area contributed by atoms with Gasteiger partial charge in [0, 0.05) is 54.6 Å². The number of piperidine rings is 1. The molecule has 33 heavy (non-hydrogen) atoms. The van der Waals surface area contributed by atoms with E-state index < -0.39 is 11.7 Å². The number of nitrogens with zero attached hydrogens (tertiary/aromatic N) is 2. The molecule has 0 aliphatic carbocycles. The van der Waals surface area contributed by atoms with Crippen LogP contribution in [0.25, 0.3) is 0 Å². The van der Waals surface area contributed by atoms with E-state index in [1.165, 1.54) is 29.5 Å². The number of hydrogen-bond acceptors (Lipinski definition) is 5. The van der Waals surface area contributed by atoms with Gasteiger partial charge in [0.2, 0.25) is 5.91 Å². The Hall–Kier alpha value is -2.78. The van der Waals surface area contributed by atoms with Gasteiger partial charge in [-0.15, -0.1) is 11.3 Å². The zero-order valence-electron chi connectivity index (χ0n) is 18.9. The molecule has 2 fully saturated rings. The third kappa shape index (κ3) is 5.25. The van der Waals surface area contributed by atoms with Crippen LogP contribution in [0, 0.1) is 5.82 Å². The fourth-order valence-electron chi connectivity index (χ4n) is 4.36. The molecule has 0 unspecified atom stereocenters. The Morgan fingerprint density at radius 2 is 1.85 bits per heavy atom. The van der Waals surface area contributed by atoms with Crippen LogP contribution < -0.4 is 15.5 Å². The van der Waals surface area contributed by atoms with Crippen molar-refractivity contribution >= 4 is 40.4 Å². The number of likely N-dealkylation sites (tertiary alicyclic amines) is 1. The summed E-state index contributed by atoms with van der Waals surface area (Å²) in [5.41, 5.74) is 1.06. The highest BCUT2D eigenvalue weighted by Gasteiger charge is 2.26. The standard InChI is InChI=1S/C24H29FN4O3S/c1-15(2)28-10-7-16(8-11-28)26-24(32)19-13-33-14-21(19)27-23(31)18-12-17(5-6-20(18)25)29-9-3-4-22(29)30/h5-6,12-16H,3-4,7-11H2,1-2H3,(H,26,32)(H,27,31). The minimum atomic E-state index is -0.680. The summed E-state index contributed by atoms with van der Waals surface area (Å²) in [6, 6.07) is 4.66. The van der Waals surface area contributed by atoms with Crippen molar-refractivity contribution in [1.82, 2.24) is 10.2 Å². The quantitative estimate of drug-likeness (QED) is 0.669. The number of anilines is 2. The first-order chi connectivity index (χ1) is 15.8. The fraction of sp³-hybridized carbons (Fsp3) is 0.458. The molecule has 176 valence electrons. The van der Waals surface area contributed by atoms with Crippen LogP contribution in [0.2, 0.25) is 0 Å². The van der Waals surface area contributed by atoms with Gasteiger partial charge in [0.05, 0.1) is 16.8 Å². The van der Waals surface area contributed by atoms with Gasteiger partial charge in [-0.2, -0.15) is 0 Å². The number of amides is 3. The summed E-state index contributed by atoms with van der Waals surface area (Å²) in [5, 5.41) is 9.09. The summed E-state index contributed by atoms with van der Waals surface area (Å²) >= 11 is 1.30. The molecule has 0 bridgehead atoms. The average molecular weight is 473 g/mol. The van der Waals surface area contributed by atoms with Crippen LogP contribution >= 0.6 is 11.3 Å². The van der Waals surface area contributed by atoms with E-state index in [-0.39, 0.29) is 23.4 Å². The molecule has 3 amide bonds. The molecule has 0 atom stereocenters. The van der Waals surface area contributed by atoms with Crippen LogP contribution in [-0.2, 0) is 4.79 Å². The van der Waals surface area contributed by atoms with E-state index in [0.717, 1.165) is 32.4 Å². The van der Waals surface area contributed by atoms with Crippen molar-refractivity contribution in [3.8, 4) is 0 Å². The Morgan fingerprint density at radius 3 is 2.52 bits per heavy atom. The van der Waals surface area contributed by atoms with Gasteiger partial charge in [-0.25, -0.2) is 4.39 Å². The minimum absolute atomic E-state index is 0.0380. The first kappa shape index (κ1) is 23.4. The van der Waals surface area contributed by atoms with Crippen LogP contribution in [0.3, 0.4) is 0 Å². The van der Waals surface area contributed by atoms with E-state index in [2.05, 4.69) is 29.4 Å². The van der Waals surface area contributed by atoms with Crippen LogP contribution in [0.5, 0.6) is 0 Å². The van der Waals surface area contributed by atoms with Crippen LogP contribution in [0.15, 0.2) is 29.0 Å². The van der Waals surface area contributed by atoms with Crippen LogP contribution in [0.1, 0.15) is 60.2 Å². The Kier molecular flexibility index (Phi) is 7.09. The Balaban J connectivity index is 1.43. The van der Waals surface area contributed by atoms with Gasteiger partial charge in [-0.05, 0) is 51.3 Å². The molecule has 2 saturated heterocycles. The van der Waals surface area contributed by atoms with Crippen molar-refractivity contribution in [3.05, 3.63) is 45.9 Å². The zero-order chi connectivity index (χ0) is 23.5. The lowest BCUT2D eigenvalue weighted by atomic mass is 10.0. The van der Waals surface area contributed by atoms with E-state index >= 15 is 0 Å². The molecule has 3 heterocycles. The summed E-state index contributed by atoms with van der Waals surface area (Å²) < 4.78 is 14.4. The molecule has 2 N–H and O–H groups in total. The number of hydrogen-bond donors (Lipinski definition) is 2. The topological polar surface area (TPSA) is 81.8 Å². The number of halogens is 1. The lowest BCUT2D eigenvalue weighted by Gasteiger charge is -2.34. The van der Waals surface area contributed by atoms with Crippen LogP contribution in [0.4, 0.5) is 15.8 Å². The lowest BCUT2D eigenvalue weighted by molar-refractivity contribution is -0.117. The van der Waals surface area contributed by atoms with E-state index in [9.17, 15) is 18.8 Å². The second-order valence-electron chi connectivity index (χ2n) is 8.84. The summed E-state index contributed by atoms with van der Waals surface area (Å²) in [7, 11) is 0. The molecule has 2 aromatic rings. The molecule has 1 aromatic carbocycles. The summed E-state index contributed by atoms with van der Waals surface area (Å²) in [5.74, 6) is -1.62. The Bertz CT molecular complexity index is 1050. The zero-order valence-corrected chi connectivity index (χ0v) is 19.7. The van der Waals surface area contributed by atoms with Crippen LogP contribution in [-0.4, -0.2) is 54.3 Å². The normalized spacial score (nSPS) is 17.6. The Morgan fingerprint density at radius 1 is 1.09 bits per heavy atom. The van der Waals surface area contributed by atoms with Crippen molar-refractivity contribution in [2.24, 2.45) is 0 Å². The maximum Gasteiger partial charge on any atom is 0.258 e. The molecule has 0 radical (unpaired) electrons. The highest BCUT2D eigenvalue weighted by Crippen LogP contribution is 2.26. The predicted molar refractivity (Wildman–Crippen MR) is 127 cm³/mol. The predicted octanol–water partition coefficient (Wildman–Crippen LogP) is 3.87. The monoisotopic (exact) mass is 472 g/mol. The number of carbonyl (C=O) groups excluding carboxylic acids is 3. The van der Waals surface area contributed by atoms with E-state index in [4.69, 9.17) is 0 Å². The molecule has 9 heteroatoms. The summed E-state index contributed by atoms with van der Waals surface area (Å²) in [6.45, 7) is 6.76. The highest BCUT2D eigenvalue weighted by molar-refractivity contribution is 7.08. The molecule has 4 rings (SSSR count). The smallest absolute Gasteiger partial charge is 0.258 e. The molecular formula is C24H29FN4O3S. The first-order valence-corrected chi connectivity index (χ1v) is 12.3. The Labute approximate surface area is 196 Å². The van der Waals surface area contributed by atoms with Crippen molar-refractivity contribution in [2.45, 2.75) is 51.6 Å². The van der Waals surface area contributed by atoms with E-state index in [1.807, 2.05) is 0 Å². The minimum Gasteiger partial charge on any atom is -0.349 e. The van der Waals surface area contributed by atoms with E-state index in [1.54, 1.807) is 15.7 Å². The van der Waals surface area contributed by atoms with Crippen molar-refractivity contribution < 1.29 is 18.8 Å².